The SMILES string of the molecule is N#C/C=C(\Cl)c1c(F)cc(F)cc1F. The summed E-state index contributed by atoms with van der Waals surface area (Å²) in [4.78, 5) is 0. The molecule has 0 atom stereocenters. The van der Waals surface area contributed by atoms with Gasteiger partial charge in [0.05, 0.1) is 16.7 Å². The molecule has 0 aliphatic rings. The molecule has 0 heterocycles. The number of hydrogen-bond donors (Lipinski definition) is 0. The molecular formula is C9H3ClF3N. The van der Waals surface area contributed by atoms with E-state index in [1.54, 1.807) is 0 Å². The van der Waals surface area contributed by atoms with E-state index in [0.717, 1.165) is 6.08 Å². The molecule has 0 amide bonds. The van der Waals surface area contributed by atoms with Gasteiger partial charge in [-0.25, -0.2) is 13.2 Å². The fraction of sp³-hybridized carbons (Fsp3) is 0. The third-order valence-corrected chi connectivity index (χ3v) is 1.74. The maximum absolute atomic E-state index is 13.0. The second-order valence-electron chi connectivity index (χ2n) is 2.37. The van der Waals surface area contributed by atoms with Crippen LogP contribution < -0.4 is 0 Å². The first-order valence-electron chi connectivity index (χ1n) is 3.46. The second-order valence-corrected chi connectivity index (χ2v) is 2.77. The number of hydrogen-bond acceptors (Lipinski definition) is 1. The van der Waals surface area contributed by atoms with E-state index in [1.165, 1.54) is 6.07 Å². The standard InChI is InChI=1S/C9H3ClF3N/c10-6(1-2-14)9-7(12)3-5(11)4-8(9)13/h1,3-4H/b6-1-. The molecule has 0 aliphatic carbocycles. The molecule has 0 saturated heterocycles. The number of rotatable bonds is 1. The van der Waals surface area contributed by atoms with Gasteiger partial charge in [0.1, 0.15) is 17.5 Å². The van der Waals surface area contributed by atoms with Gasteiger partial charge in [-0.05, 0) is 0 Å². The summed E-state index contributed by atoms with van der Waals surface area (Å²) in [5.41, 5.74) is -0.602. The van der Waals surface area contributed by atoms with Crippen molar-refractivity contribution in [2.75, 3.05) is 0 Å². The van der Waals surface area contributed by atoms with Gasteiger partial charge >= 0.3 is 0 Å². The molecule has 5 heteroatoms. The maximum Gasteiger partial charge on any atom is 0.137 e. The second kappa shape index (κ2) is 4.16. The minimum absolute atomic E-state index is 0.400. The van der Waals surface area contributed by atoms with Crippen LogP contribution in [-0.2, 0) is 0 Å². The highest BCUT2D eigenvalue weighted by molar-refractivity contribution is 6.49. The lowest BCUT2D eigenvalue weighted by molar-refractivity contribution is 0.540. The fourth-order valence-electron chi connectivity index (χ4n) is 0.899. The lowest BCUT2D eigenvalue weighted by Crippen LogP contribution is -1.93. The predicted octanol–water partition coefficient (Wildman–Crippen LogP) is 3.21. The van der Waals surface area contributed by atoms with Gasteiger partial charge in [-0.3, -0.25) is 0 Å². The van der Waals surface area contributed by atoms with Crippen molar-refractivity contribution in [3.05, 3.63) is 41.2 Å². The van der Waals surface area contributed by atoms with Crippen molar-refractivity contribution < 1.29 is 13.2 Å². The van der Waals surface area contributed by atoms with Crippen molar-refractivity contribution in [2.24, 2.45) is 0 Å². The molecule has 0 bridgehead atoms. The Morgan fingerprint density at radius 1 is 1.29 bits per heavy atom. The monoisotopic (exact) mass is 217 g/mol. The first-order chi connectivity index (χ1) is 6.56. The van der Waals surface area contributed by atoms with Gasteiger partial charge in [0, 0.05) is 18.2 Å². The summed E-state index contributed by atoms with van der Waals surface area (Å²) >= 11 is 5.41. The molecule has 0 fully saturated rings. The number of nitriles is 1. The largest absolute Gasteiger partial charge is 0.207 e. The van der Waals surface area contributed by atoms with Crippen LogP contribution in [0.3, 0.4) is 0 Å². The molecule has 0 saturated carbocycles. The van der Waals surface area contributed by atoms with Crippen molar-refractivity contribution in [3.8, 4) is 6.07 Å². The minimum Gasteiger partial charge on any atom is -0.207 e. The van der Waals surface area contributed by atoms with E-state index in [-0.39, 0.29) is 0 Å². The van der Waals surface area contributed by atoms with Crippen molar-refractivity contribution in [3.63, 3.8) is 0 Å². The highest BCUT2D eigenvalue weighted by Gasteiger charge is 2.13. The first kappa shape index (κ1) is 10.6. The maximum atomic E-state index is 13.0. The number of halogens is 4. The number of allylic oxidation sites excluding steroid dienone is 1. The summed E-state index contributed by atoms with van der Waals surface area (Å²) in [6.45, 7) is 0. The zero-order valence-corrected chi connectivity index (χ0v) is 7.45. The third-order valence-electron chi connectivity index (χ3n) is 1.44. The smallest absolute Gasteiger partial charge is 0.137 e. The van der Waals surface area contributed by atoms with Crippen LogP contribution in [0.4, 0.5) is 13.2 Å². The van der Waals surface area contributed by atoms with Crippen LogP contribution >= 0.6 is 11.6 Å². The predicted molar refractivity (Wildman–Crippen MR) is 45.8 cm³/mol. The molecule has 1 aromatic rings. The Morgan fingerprint density at radius 2 is 1.79 bits per heavy atom. The van der Waals surface area contributed by atoms with Crippen molar-refractivity contribution >= 4 is 16.6 Å². The van der Waals surface area contributed by atoms with Crippen LogP contribution in [0, 0.1) is 28.8 Å². The molecule has 0 spiro atoms. The molecule has 0 unspecified atom stereocenters. The van der Waals surface area contributed by atoms with Gasteiger partial charge in [0.15, 0.2) is 0 Å². The van der Waals surface area contributed by atoms with Crippen LogP contribution in [0.1, 0.15) is 5.56 Å². The Labute approximate surface area is 83.0 Å². The minimum atomic E-state index is -1.14. The van der Waals surface area contributed by atoms with Gasteiger partial charge in [-0.2, -0.15) is 5.26 Å². The summed E-state index contributed by atoms with van der Waals surface area (Å²) in [6, 6.07) is 2.50. The Bertz CT molecular complexity index is 411. The van der Waals surface area contributed by atoms with Crippen molar-refractivity contribution in [1.29, 1.82) is 5.26 Å². The first-order valence-corrected chi connectivity index (χ1v) is 3.84. The highest BCUT2D eigenvalue weighted by Crippen LogP contribution is 2.25. The average Bonchev–Trinajstić information content (AvgIpc) is 2.01. The molecule has 0 radical (unpaired) electrons. The number of benzene rings is 1. The van der Waals surface area contributed by atoms with Gasteiger partial charge in [-0.15, -0.1) is 0 Å². The number of nitrogens with zero attached hydrogens (tertiary/aromatic N) is 1. The van der Waals surface area contributed by atoms with E-state index in [4.69, 9.17) is 16.9 Å². The Kier molecular flexibility index (Phi) is 3.15. The summed E-state index contributed by atoms with van der Waals surface area (Å²) < 4.78 is 38.4. The van der Waals surface area contributed by atoms with Crippen LogP contribution in [0.25, 0.3) is 5.03 Å². The van der Waals surface area contributed by atoms with Gasteiger partial charge in [-0.1, -0.05) is 11.6 Å². The third kappa shape index (κ3) is 2.06. The van der Waals surface area contributed by atoms with Crippen LogP contribution in [0.2, 0.25) is 0 Å². The summed E-state index contributed by atoms with van der Waals surface area (Å²) in [6.07, 6.45) is 0.765. The summed E-state index contributed by atoms with van der Waals surface area (Å²) in [7, 11) is 0. The van der Waals surface area contributed by atoms with E-state index >= 15 is 0 Å². The zero-order valence-electron chi connectivity index (χ0n) is 6.69. The van der Waals surface area contributed by atoms with Gasteiger partial charge < -0.3 is 0 Å². The van der Waals surface area contributed by atoms with E-state index in [1.807, 2.05) is 0 Å². The van der Waals surface area contributed by atoms with Gasteiger partial charge in [0.2, 0.25) is 0 Å². The lowest BCUT2D eigenvalue weighted by atomic mass is 10.2. The molecule has 0 N–H and O–H groups in total. The summed E-state index contributed by atoms with van der Waals surface area (Å²) in [5.74, 6) is -3.32. The van der Waals surface area contributed by atoms with E-state index in [9.17, 15) is 13.2 Å². The van der Waals surface area contributed by atoms with Crippen LogP contribution in [-0.4, -0.2) is 0 Å². The summed E-state index contributed by atoms with van der Waals surface area (Å²) in [5, 5.41) is 7.80. The molecule has 1 rings (SSSR count). The molecule has 14 heavy (non-hydrogen) atoms. The molecule has 1 nitrogen and oxygen atoms in total. The normalized spacial score (nSPS) is 11.2. The molecule has 1 aromatic carbocycles. The van der Waals surface area contributed by atoms with Crippen LogP contribution in [0.15, 0.2) is 18.2 Å². The molecule has 0 aliphatic heterocycles. The van der Waals surface area contributed by atoms with Crippen molar-refractivity contribution in [1.82, 2.24) is 0 Å². The topological polar surface area (TPSA) is 23.8 Å². The van der Waals surface area contributed by atoms with E-state index in [2.05, 4.69) is 0 Å². The lowest BCUT2D eigenvalue weighted by Gasteiger charge is -2.02. The quantitative estimate of drug-likeness (QED) is 0.663. The van der Waals surface area contributed by atoms with E-state index < -0.39 is 28.0 Å². The average molecular weight is 218 g/mol. The molecule has 0 aromatic heterocycles. The Morgan fingerprint density at radius 3 is 2.21 bits per heavy atom. The molecule has 72 valence electrons. The van der Waals surface area contributed by atoms with Crippen molar-refractivity contribution in [2.45, 2.75) is 0 Å². The van der Waals surface area contributed by atoms with Crippen LogP contribution in [0.5, 0.6) is 0 Å². The van der Waals surface area contributed by atoms with Gasteiger partial charge in [0.25, 0.3) is 0 Å². The Hall–Kier alpha value is -1.47. The Balaban J connectivity index is 3.37. The van der Waals surface area contributed by atoms with E-state index in [0.29, 0.717) is 12.1 Å². The highest BCUT2D eigenvalue weighted by atomic mass is 35.5. The zero-order chi connectivity index (χ0) is 10.7. The molecular weight excluding hydrogens is 215 g/mol. The fourth-order valence-corrected chi connectivity index (χ4v) is 1.13.